The Morgan fingerprint density at radius 2 is 1.77 bits per heavy atom. The largest absolute Gasteiger partial charge is 0.497 e. The van der Waals surface area contributed by atoms with E-state index < -0.39 is 27.8 Å². The maximum absolute atomic E-state index is 13.2. The fraction of sp³-hybridized carbons (Fsp3) is 0.120. The fourth-order valence-corrected chi connectivity index (χ4v) is 4.60. The second-order valence-electron chi connectivity index (χ2n) is 7.72. The molecule has 8 nitrogen and oxygen atoms in total. The van der Waals surface area contributed by atoms with Crippen LogP contribution >= 0.6 is 0 Å². The molecule has 1 aromatic heterocycles. The van der Waals surface area contributed by atoms with Gasteiger partial charge in [-0.2, -0.15) is 0 Å². The number of hydrogen-bond donors (Lipinski definition) is 2. The highest BCUT2D eigenvalue weighted by molar-refractivity contribution is 7.92. The molecule has 0 saturated carbocycles. The summed E-state index contributed by atoms with van der Waals surface area (Å²) in [5.74, 6) is 0.314. The molecular formula is C25H23FN4O4S. The second kappa shape index (κ2) is 9.98. The average molecular weight is 495 g/mol. The van der Waals surface area contributed by atoms with Crippen molar-refractivity contribution >= 4 is 21.6 Å². The summed E-state index contributed by atoms with van der Waals surface area (Å²) in [4.78, 5) is 17.5. The van der Waals surface area contributed by atoms with E-state index in [2.05, 4.69) is 15.0 Å². The number of ether oxygens (including phenoxy) is 1. The van der Waals surface area contributed by atoms with Crippen LogP contribution in [0.3, 0.4) is 0 Å². The van der Waals surface area contributed by atoms with Gasteiger partial charge in [0, 0.05) is 30.7 Å². The van der Waals surface area contributed by atoms with E-state index in [-0.39, 0.29) is 16.1 Å². The van der Waals surface area contributed by atoms with Gasteiger partial charge in [-0.15, -0.1) is 0 Å². The SMILES string of the molecule is COc1ccc(C(NC(=O)c2cccc(S(=O)(=O)Nc3ccc(F)cc3)c2)c2nccn2C)cc1. The first-order chi connectivity index (χ1) is 16.8. The monoisotopic (exact) mass is 494 g/mol. The number of anilines is 1. The quantitative estimate of drug-likeness (QED) is 0.387. The Balaban J connectivity index is 1.60. The van der Waals surface area contributed by atoms with Crippen LogP contribution in [0.5, 0.6) is 5.75 Å². The summed E-state index contributed by atoms with van der Waals surface area (Å²) >= 11 is 0. The second-order valence-corrected chi connectivity index (χ2v) is 9.40. The van der Waals surface area contributed by atoms with Crippen molar-refractivity contribution in [1.82, 2.24) is 14.9 Å². The predicted octanol–water partition coefficient (Wildman–Crippen LogP) is 3.89. The van der Waals surface area contributed by atoms with Crippen LogP contribution in [-0.2, 0) is 17.1 Å². The summed E-state index contributed by atoms with van der Waals surface area (Å²) in [6.07, 6.45) is 3.40. The number of nitrogens with one attached hydrogen (secondary N) is 2. The first-order valence-electron chi connectivity index (χ1n) is 10.6. The number of rotatable bonds is 8. The molecule has 0 bridgehead atoms. The van der Waals surface area contributed by atoms with Gasteiger partial charge < -0.3 is 14.6 Å². The van der Waals surface area contributed by atoms with Crippen molar-refractivity contribution < 1.29 is 22.3 Å². The number of nitrogens with zero attached hydrogens (tertiary/aromatic N) is 2. The molecule has 1 unspecified atom stereocenters. The Hall–Kier alpha value is -4.18. The van der Waals surface area contributed by atoms with Crippen LogP contribution in [0.2, 0.25) is 0 Å². The van der Waals surface area contributed by atoms with Gasteiger partial charge in [0.1, 0.15) is 23.4 Å². The smallest absolute Gasteiger partial charge is 0.261 e. The molecule has 1 heterocycles. The first-order valence-corrected chi connectivity index (χ1v) is 12.1. The third-order valence-electron chi connectivity index (χ3n) is 5.34. The molecule has 4 aromatic rings. The van der Waals surface area contributed by atoms with Gasteiger partial charge in [0.15, 0.2) is 0 Å². The summed E-state index contributed by atoms with van der Waals surface area (Å²) in [7, 11) is -0.616. The number of sulfonamides is 1. The lowest BCUT2D eigenvalue weighted by molar-refractivity contribution is 0.0941. The van der Waals surface area contributed by atoms with Crippen LogP contribution in [-0.4, -0.2) is 31.0 Å². The highest BCUT2D eigenvalue weighted by Gasteiger charge is 2.23. The van der Waals surface area contributed by atoms with Crippen LogP contribution in [0.15, 0.2) is 90.1 Å². The van der Waals surface area contributed by atoms with E-state index in [4.69, 9.17) is 4.74 Å². The number of hydrogen-bond acceptors (Lipinski definition) is 5. The minimum atomic E-state index is -4.00. The summed E-state index contributed by atoms with van der Waals surface area (Å²) < 4.78 is 48.2. The predicted molar refractivity (Wildman–Crippen MR) is 129 cm³/mol. The number of carbonyl (C=O) groups is 1. The summed E-state index contributed by atoms with van der Waals surface area (Å²) in [5.41, 5.74) is 1.13. The van der Waals surface area contributed by atoms with E-state index in [1.54, 1.807) is 36.2 Å². The molecule has 0 aliphatic rings. The average Bonchev–Trinajstić information content (AvgIpc) is 3.29. The van der Waals surface area contributed by atoms with Gasteiger partial charge in [0.25, 0.3) is 15.9 Å². The maximum Gasteiger partial charge on any atom is 0.261 e. The van der Waals surface area contributed by atoms with Gasteiger partial charge in [-0.3, -0.25) is 9.52 Å². The van der Waals surface area contributed by atoms with Crippen LogP contribution in [0.1, 0.15) is 27.8 Å². The van der Waals surface area contributed by atoms with E-state index in [9.17, 15) is 17.6 Å². The molecule has 3 aromatic carbocycles. The van der Waals surface area contributed by atoms with Gasteiger partial charge in [-0.25, -0.2) is 17.8 Å². The van der Waals surface area contributed by atoms with E-state index >= 15 is 0 Å². The topological polar surface area (TPSA) is 102 Å². The lowest BCUT2D eigenvalue weighted by Gasteiger charge is -2.20. The zero-order valence-electron chi connectivity index (χ0n) is 19.0. The molecule has 2 N–H and O–H groups in total. The van der Waals surface area contributed by atoms with Crippen molar-refractivity contribution in [2.45, 2.75) is 10.9 Å². The Labute approximate surface area is 202 Å². The summed E-state index contributed by atoms with van der Waals surface area (Å²) in [6, 6.07) is 17.2. The van der Waals surface area contributed by atoms with E-state index in [0.29, 0.717) is 11.6 Å². The van der Waals surface area contributed by atoms with E-state index in [0.717, 1.165) is 17.7 Å². The molecule has 1 atom stereocenters. The summed E-state index contributed by atoms with van der Waals surface area (Å²) in [6.45, 7) is 0. The molecule has 0 spiro atoms. The van der Waals surface area contributed by atoms with E-state index in [1.807, 2.05) is 19.2 Å². The van der Waals surface area contributed by atoms with Crippen LogP contribution in [0, 0.1) is 5.82 Å². The van der Waals surface area contributed by atoms with Crippen LogP contribution in [0.4, 0.5) is 10.1 Å². The lowest BCUT2D eigenvalue weighted by Crippen LogP contribution is -2.31. The first kappa shape index (κ1) is 24.0. The molecule has 0 aliphatic carbocycles. The van der Waals surface area contributed by atoms with Gasteiger partial charge in [0.05, 0.1) is 12.0 Å². The zero-order valence-corrected chi connectivity index (χ0v) is 19.8. The maximum atomic E-state index is 13.2. The molecule has 0 radical (unpaired) electrons. The number of aryl methyl sites for hydroxylation is 1. The summed E-state index contributed by atoms with van der Waals surface area (Å²) in [5, 5.41) is 2.94. The molecule has 35 heavy (non-hydrogen) atoms. The van der Waals surface area contributed by atoms with Crippen molar-refractivity contribution in [2.75, 3.05) is 11.8 Å². The highest BCUT2D eigenvalue weighted by atomic mass is 32.2. The number of methoxy groups -OCH3 is 1. The highest BCUT2D eigenvalue weighted by Crippen LogP contribution is 2.24. The van der Waals surface area contributed by atoms with Gasteiger partial charge >= 0.3 is 0 Å². The van der Waals surface area contributed by atoms with Crippen molar-refractivity contribution in [2.24, 2.45) is 7.05 Å². The van der Waals surface area contributed by atoms with Crippen molar-refractivity contribution in [3.8, 4) is 5.75 Å². The van der Waals surface area contributed by atoms with Gasteiger partial charge in [-0.05, 0) is 60.2 Å². The molecule has 4 rings (SSSR count). The van der Waals surface area contributed by atoms with Crippen molar-refractivity contribution in [1.29, 1.82) is 0 Å². The van der Waals surface area contributed by atoms with Gasteiger partial charge in [-0.1, -0.05) is 18.2 Å². The molecule has 180 valence electrons. The Bertz CT molecular complexity index is 1440. The van der Waals surface area contributed by atoms with Crippen molar-refractivity contribution in [3.63, 3.8) is 0 Å². The van der Waals surface area contributed by atoms with Crippen LogP contribution < -0.4 is 14.8 Å². The third kappa shape index (κ3) is 5.49. The number of halogens is 1. The third-order valence-corrected chi connectivity index (χ3v) is 6.72. The number of imidazole rings is 1. The number of aromatic nitrogens is 2. The number of amides is 1. The minimum Gasteiger partial charge on any atom is -0.497 e. The fourth-order valence-electron chi connectivity index (χ4n) is 3.50. The Morgan fingerprint density at radius 1 is 1.06 bits per heavy atom. The van der Waals surface area contributed by atoms with E-state index in [1.165, 1.54) is 36.4 Å². The van der Waals surface area contributed by atoms with Crippen molar-refractivity contribution in [3.05, 3.63) is 108 Å². The molecule has 0 saturated heterocycles. The molecular weight excluding hydrogens is 471 g/mol. The van der Waals surface area contributed by atoms with Gasteiger partial charge in [0.2, 0.25) is 0 Å². The number of benzene rings is 3. The zero-order chi connectivity index (χ0) is 25.0. The number of carbonyl (C=O) groups excluding carboxylic acids is 1. The molecule has 0 fully saturated rings. The normalized spacial score (nSPS) is 12.1. The molecule has 0 aliphatic heterocycles. The Kier molecular flexibility index (Phi) is 6.83. The minimum absolute atomic E-state index is 0.104. The van der Waals surface area contributed by atoms with Crippen LogP contribution in [0.25, 0.3) is 0 Å². The Morgan fingerprint density at radius 3 is 2.40 bits per heavy atom. The standard InChI is InChI=1S/C25H23FN4O4S/c1-30-15-14-27-24(30)23(17-6-12-21(34-2)13-7-17)28-25(31)18-4-3-5-22(16-18)35(32,33)29-20-10-8-19(26)9-11-20/h3-16,23,29H,1-2H3,(H,28,31). The lowest BCUT2D eigenvalue weighted by atomic mass is 10.0. The molecule has 10 heteroatoms. The molecule has 1 amide bonds.